The second kappa shape index (κ2) is 4.46. The molecule has 0 fully saturated rings. The maximum Gasteiger partial charge on any atom is 0.413 e. The first-order valence-electron chi connectivity index (χ1n) is 4.91. The molecule has 7 nitrogen and oxygen atoms in total. The van der Waals surface area contributed by atoms with Crippen LogP contribution in [0, 0.1) is 0 Å². The van der Waals surface area contributed by atoms with Gasteiger partial charge in [-0.15, -0.1) is 4.98 Å². The van der Waals surface area contributed by atoms with E-state index in [2.05, 4.69) is 20.3 Å². The number of carbonyl (C=O) groups is 1. The first-order valence-corrected chi connectivity index (χ1v) is 5.28. The van der Waals surface area contributed by atoms with Crippen LogP contribution >= 0.6 is 11.6 Å². The molecule has 0 aromatic carbocycles. The third-order valence-corrected chi connectivity index (χ3v) is 2.29. The molecule has 2 aromatic heterocycles. The number of aromatic nitrogens is 3. The van der Waals surface area contributed by atoms with Crippen LogP contribution in [0.1, 0.15) is 6.92 Å². The Labute approximate surface area is 101 Å². The number of amides is 1. The minimum Gasteiger partial charge on any atom is -0.450 e. The lowest BCUT2D eigenvalue weighted by Crippen LogP contribution is -2.15. The number of pyridine rings is 1. The Morgan fingerprint density at radius 2 is 2.53 bits per heavy atom. The number of H-pyrrole nitrogens is 2. The Morgan fingerprint density at radius 1 is 1.76 bits per heavy atom. The average molecular weight is 257 g/mol. The maximum atomic E-state index is 11.2. The van der Waals surface area contributed by atoms with Gasteiger partial charge >= 0.3 is 12.0 Å². The van der Waals surface area contributed by atoms with Crippen molar-refractivity contribution in [2.45, 2.75) is 6.92 Å². The van der Waals surface area contributed by atoms with Crippen LogP contribution in [0.3, 0.4) is 0 Å². The van der Waals surface area contributed by atoms with E-state index in [0.717, 1.165) is 0 Å². The van der Waals surface area contributed by atoms with E-state index in [1.165, 1.54) is 6.07 Å². The van der Waals surface area contributed by atoms with Crippen molar-refractivity contribution in [1.29, 1.82) is 0 Å². The van der Waals surface area contributed by atoms with Crippen molar-refractivity contribution in [2.75, 3.05) is 17.7 Å². The molecule has 2 aromatic rings. The predicted molar refractivity (Wildman–Crippen MR) is 62.7 cm³/mol. The number of nitrogen functional groups attached to an aromatic ring is 1. The maximum absolute atomic E-state index is 11.2. The van der Waals surface area contributed by atoms with Gasteiger partial charge in [-0.3, -0.25) is 10.3 Å². The molecule has 0 aliphatic rings. The van der Waals surface area contributed by atoms with Crippen LogP contribution in [0.5, 0.6) is 0 Å². The van der Waals surface area contributed by atoms with Gasteiger partial charge < -0.3 is 10.5 Å². The first kappa shape index (κ1) is 11.5. The zero-order valence-electron chi connectivity index (χ0n) is 9.00. The zero-order valence-corrected chi connectivity index (χ0v) is 9.76. The molecule has 0 saturated heterocycles. The van der Waals surface area contributed by atoms with Gasteiger partial charge in [0.1, 0.15) is 0 Å². The highest BCUT2D eigenvalue weighted by Gasteiger charge is 2.15. The van der Waals surface area contributed by atoms with E-state index in [1.807, 2.05) is 0 Å². The fourth-order valence-electron chi connectivity index (χ4n) is 1.35. The van der Waals surface area contributed by atoms with Crippen molar-refractivity contribution in [1.82, 2.24) is 9.97 Å². The minimum absolute atomic E-state index is 0.283. The number of nitrogens with two attached hydrogens (primary N) is 1. The Balaban J connectivity index is 2.33. The van der Waals surface area contributed by atoms with Crippen molar-refractivity contribution >= 4 is 40.6 Å². The van der Waals surface area contributed by atoms with Gasteiger partial charge in [-0.2, -0.15) is 0 Å². The highest BCUT2D eigenvalue weighted by atomic mass is 35.5. The summed E-state index contributed by atoms with van der Waals surface area (Å²) in [4.78, 5) is 20.9. The highest BCUT2D eigenvalue weighted by Crippen LogP contribution is 2.22. The Bertz CT molecular complexity index is 568. The Morgan fingerprint density at radius 3 is 3.24 bits per heavy atom. The number of rotatable bonds is 2. The fourth-order valence-corrected chi connectivity index (χ4v) is 1.59. The number of fused-ring (bicyclic) bond motifs is 1. The molecule has 8 heteroatoms. The summed E-state index contributed by atoms with van der Waals surface area (Å²) in [6.45, 7) is 1.99. The van der Waals surface area contributed by atoms with Gasteiger partial charge in [0.05, 0.1) is 11.6 Å². The molecule has 0 aliphatic carbocycles. The van der Waals surface area contributed by atoms with Crippen LogP contribution < -0.4 is 16.0 Å². The summed E-state index contributed by atoms with van der Waals surface area (Å²) in [6, 6.07) is 1.50. The summed E-state index contributed by atoms with van der Waals surface area (Å²) < 4.78 is 4.73. The predicted octanol–water partition coefficient (Wildman–Crippen LogP) is 1.18. The number of hydrogen-bond donors (Lipinski definition) is 3. The number of carbonyl (C=O) groups excluding carboxylic acids is 1. The van der Waals surface area contributed by atoms with E-state index in [1.54, 1.807) is 6.92 Å². The van der Waals surface area contributed by atoms with Gasteiger partial charge in [-0.05, 0) is 6.92 Å². The summed E-state index contributed by atoms with van der Waals surface area (Å²) in [7, 11) is 0. The number of nitrogens with one attached hydrogen (secondary N) is 3. The molecule has 0 spiro atoms. The second-order valence-electron chi connectivity index (χ2n) is 3.22. The SMILES string of the molecule is CCOC(=O)Nc1cc(Cl)c2[nH]c(N)[nH+]c2n1. The van der Waals surface area contributed by atoms with E-state index in [4.69, 9.17) is 22.1 Å². The molecule has 0 atom stereocenters. The largest absolute Gasteiger partial charge is 0.450 e. The molecule has 0 saturated carbocycles. The molecule has 0 aliphatic heterocycles. The molecule has 17 heavy (non-hydrogen) atoms. The lowest BCUT2D eigenvalue weighted by atomic mass is 10.4. The minimum atomic E-state index is -0.584. The van der Waals surface area contributed by atoms with E-state index < -0.39 is 6.09 Å². The van der Waals surface area contributed by atoms with Crippen LogP contribution in [0.2, 0.25) is 5.02 Å². The number of nitrogens with zero attached hydrogens (tertiary/aromatic N) is 1. The van der Waals surface area contributed by atoms with Crippen LogP contribution in [0.15, 0.2) is 6.07 Å². The van der Waals surface area contributed by atoms with Crippen LogP contribution in [0.25, 0.3) is 11.2 Å². The monoisotopic (exact) mass is 256 g/mol. The number of halogens is 1. The normalized spacial score (nSPS) is 10.5. The average Bonchev–Trinajstić information content (AvgIpc) is 2.59. The number of aromatic amines is 2. The van der Waals surface area contributed by atoms with Crippen LogP contribution in [-0.2, 0) is 4.74 Å². The Hall–Kier alpha value is -2.02. The van der Waals surface area contributed by atoms with Crippen molar-refractivity contribution in [3.63, 3.8) is 0 Å². The van der Waals surface area contributed by atoms with E-state index >= 15 is 0 Å². The van der Waals surface area contributed by atoms with Gasteiger partial charge in [0.2, 0.25) is 0 Å². The molecule has 5 N–H and O–H groups in total. The van der Waals surface area contributed by atoms with Gasteiger partial charge in [-0.25, -0.2) is 9.78 Å². The number of anilines is 2. The molecule has 0 bridgehead atoms. The van der Waals surface area contributed by atoms with Crippen molar-refractivity contribution in [3.05, 3.63) is 11.1 Å². The molecule has 90 valence electrons. The standard InChI is InChI=1S/C9H10ClN5O2/c1-2-17-9(16)13-5-3-4(10)6-7(12-5)15-8(11)14-6/h3H,2H2,1H3,(H4,11,12,13,14,15,16)/p+1. The topological polar surface area (TPSA) is 107 Å². The third-order valence-electron chi connectivity index (χ3n) is 1.99. The summed E-state index contributed by atoms with van der Waals surface area (Å²) in [6.07, 6.45) is -0.584. The third kappa shape index (κ3) is 2.39. The number of ether oxygens (including phenoxy) is 1. The lowest BCUT2D eigenvalue weighted by molar-refractivity contribution is -0.328. The van der Waals surface area contributed by atoms with Crippen molar-refractivity contribution in [2.24, 2.45) is 0 Å². The van der Waals surface area contributed by atoms with Crippen molar-refractivity contribution in [3.8, 4) is 0 Å². The Kier molecular flexibility index (Phi) is 3.01. The lowest BCUT2D eigenvalue weighted by Gasteiger charge is -2.02. The number of imidazole rings is 1. The van der Waals surface area contributed by atoms with Gasteiger partial charge in [0.25, 0.3) is 5.65 Å². The van der Waals surface area contributed by atoms with E-state index in [-0.39, 0.29) is 12.4 Å². The van der Waals surface area contributed by atoms with E-state index in [9.17, 15) is 4.79 Å². The zero-order chi connectivity index (χ0) is 12.4. The molecule has 0 unspecified atom stereocenters. The fraction of sp³-hybridized carbons (Fsp3) is 0.222. The van der Waals surface area contributed by atoms with Crippen LogP contribution in [-0.4, -0.2) is 22.7 Å². The summed E-state index contributed by atoms with van der Waals surface area (Å²) in [5.41, 5.74) is 6.58. The van der Waals surface area contributed by atoms with Gasteiger partial charge in [0.15, 0.2) is 11.3 Å². The second-order valence-corrected chi connectivity index (χ2v) is 3.63. The summed E-state index contributed by atoms with van der Waals surface area (Å²) in [5, 5.41) is 2.85. The molecule has 2 heterocycles. The molecule has 2 rings (SSSR count). The highest BCUT2D eigenvalue weighted by molar-refractivity contribution is 6.35. The van der Waals surface area contributed by atoms with Gasteiger partial charge in [-0.1, -0.05) is 11.6 Å². The van der Waals surface area contributed by atoms with E-state index in [0.29, 0.717) is 22.1 Å². The molecular weight excluding hydrogens is 246 g/mol. The van der Waals surface area contributed by atoms with Crippen molar-refractivity contribution < 1.29 is 14.5 Å². The number of hydrogen-bond acceptors (Lipinski definition) is 4. The molecule has 1 amide bonds. The van der Waals surface area contributed by atoms with Crippen LogP contribution in [0.4, 0.5) is 16.6 Å². The quantitative estimate of drug-likeness (QED) is 0.750. The molecule has 0 radical (unpaired) electrons. The summed E-state index contributed by atoms with van der Waals surface area (Å²) >= 11 is 6.00. The smallest absolute Gasteiger partial charge is 0.413 e. The molecular formula is C9H11ClN5O2+. The first-order chi connectivity index (χ1) is 8.10. The van der Waals surface area contributed by atoms with Gasteiger partial charge in [0, 0.05) is 6.07 Å². The summed E-state index contributed by atoms with van der Waals surface area (Å²) in [5.74, 6) is 0.624.